The fraction of sp³-hybridized carbons (Fsp3) is 0.538. The Kier molecular flexibility index (Phi) is 2.36. The van der Waals surface area contributed by atoms with Crippen molar-refractivity contribution in [2.24, 2.45) is 0 Å². The van der Waals surface area contributed by atoms with E-state index in [0.717, 1.165) is 0 Å². The second-order valence-electron chi connectivity index (χ2n) is 4.50. The lowest BCUT2D eigenvalue weighted by Crippen LogP contribution is -2.14. The van der Waals surface area contributed by atoms with E-state index in [9.17, 15) is 0 Å². The Labute approximate surface area is 86.5 Å². The lowest BCUT2D eigenvalue weighted by Gasteiger charge is -2.14. The van der Waals surface area contributed by atoms with Crippen LogP contribution in [0.3, 0.4) is 0 Å². The predicted molar refractivity (Wildman–Crippen MR) is 60.7 cm³/mol. The molecule has 0 amide bonds. The maximum Gasteiger partial charge on any atom is 0.0328 e. The van der Waals surface area contributed by atoms with Gasteiger partial charge in [-0.05, 0) is 55.5 Å². The van der Waals surface area contributed by atoms with Gasteiger partial charge in [0.1, 0.15) is 0 Å². The molecule has 0 spiro atoms. The summed E-state index contributed by atoms with van der Waals surface area (Å²) in [5.41, 5.74) is 6.04. The van der Waals surface area contributed by atoms with Crippen LogP contribution in [0.1, 0.15) is 47.6 Å². The molecule has 1 heteroatoms. The lowest BCUT2D eigenvalue weighted by molar-refractivity contribution is 0.551. The molecule has 0 bridgehead atoms. The van der Waals surface area contributed by atoms with Gasteiger partial charge in [-0.25, -0.2) is 0 Å². The highest BCUT2D eigenvalue weighted by atomic mass is 14.9. The van der Waals surface area contributed by atoms with Crippen LogP contribution >= 0.6 is 0 Å². The van der Waals surface area contributed by atoms with Crippen molar-refractivity contribution in [3.05, 3.63) is 34.4 Å². The van der Waals surface area contributed by atoms with Gasteiger partial charge in [-0.2, -0.15) is 0 Å². The molecule has 0 heterocycles. The van der Waals surface area contributed by atoms with Gasteiger partial charge < -0.3 is 5.32 Å². The standard InChI is InChI=1S/C13H19N/c1-8-5-6-9(2)13-11(14-4)7-10(3)12(8)13/h5-6,10-11,14H,7H2,1-4H3. The second-order valence-corrected chi connectivity index (χ2v) is 4.50. The topological polar surface area (TPSA) is 12.0 Å². The van der Waals surface area contributed by atoms with Gasteiger partial charge in [-0.3, -0.25) is 0 Å². The normalized spacial score (nSPS) is 25.1. The summed E-state index contributed by atoms with van der Waals surface area (Å²) in [5, 5.41) is 3.42. The molecule has 1 nitrogen and oxygen atoms in total. The Morgan fingerprint density at radius 2 is 1.71 bits per heavy atom. The van der Waals surface area contributed by atoms with E-state index < -0.39 is 0 Å². The summed E-state index contributed by atoms with van der Waals surface area (Å²) in [6.45, 7) is 6.79. The molecule has 1 aliphatic rings. The third-order valence-corrected chi connectivity index (χ3v) is 3.50. The van der Waals surface area contributed by atoms with E-state index in [1.807, 2.05) is 0 Å². The second kappa shape index (κ2) is 3.39. The van der Waals surface area contributed by atoms with E-state index in [1.54, 1.807) is 11.1 Å². The Bertz CT molecular complexity index is 354. The van der Waals surface area contributed by atoms with Crippen LogP contribution in [0.4, 0.5) is 0 Å². The Morgan fingerprint density at radius 3 is 2.29 bits per heavy atom. The summed E-state index contributed by atoms with van der Waals surface area (Å²) in [7, 11) is 2.06. The maximum atomic E-state index is 3.42. The van der Waals surface area contributed by atoms with E-state index in [4.69, 9.17) is 0 Å². The molecule has 0 saturated heterocycles. The molecule has 1 aromatic rings. The highest BCUT2D eigenvalue weighted by Crippen LogP contribution is 2.42. The van der Waals surface area contributed by atoms with E-state index in [1.165, 1.54) is 17.5 Å². The number of hydrogen-bond donors (Lipinski definition) is 1. The van der Waals surface area contributed by atoms with Crippen molar-refractivity contribution in [2.45, 2.75) is 39.2 Å². The minimum Gasteiger partial charge on any atom is -0.313 e. The van der Waals surface area contributed by atoms with Crippen LogP contribution in [0.25, 0.3) is 0 Å². The Morgan fingerprint density at radius 1 is 1.14 bits per heavy atom. The number of nitrogens with one attached hydrogen (secondary N) is 1. The van der Waals surface area contributed by atoms with Gasteiger partial charge in [-0.15, -0.1) is 0 Å². The summed E-state index contributed by atoms with van der Waals surface area (Å²) >= 11 is 0. The van der Waals surface area contributed by atoms with Crippen molar-refractivity contribution >= 4 is 0 Å². The zero-order chi connectivity index (χ0) is 10.3. The van der Waals surface area contributed by atoms with Crippen LogP contribution in [0, 0.1) is 13.8 Å². The van der Waals surface area contributed by atoms with Gasteiger partial charge in [0.15, 0.2) is 0 Å². The van der Waals surface area contributed by atoms with Gasteiger partial charge in [0, 0.05) is 6.04 Å². The SMILES string of the molecule is CNC1CC(C)c2c(C)ccc(C)c21. The lowest BCUT2D eigenvalue weighted by atomic mass is 9.95. The molecule has 76 valence electrons. The molecule has 0 aromatic heterocycles. The molecule has 2 rings (SSSR count). The third kappa shape index (κ3) is 1.27. The largest absolute Gasteiger partial charge is 0.313 e. The van der Waals surface area contributed by atoms with Crippen LogP contribution in [-0.4, -0.2) is 7.05 Å². The third-order valence-electron chi connectivity index (χ3n) is 3.50. The molecule has 1 N–H and O–H groups in total. The minimum absolute atomic E-state index is 0.569. The molecule has 14 heavy (non-hydrogen) atoms. The molecule has 1 aromatic carbocycles. The molecule has 0 aliphatic heterocycles. The van der Waals surface area contributed by atoms with E-state index in [2.05, 4.69) is 45.3 Å². The molecule has 0 saturated carbocycles. The quantitative estimate of drug-likeness (QED) is 0.716. The smallest absolute Gasteiger partial charge is 0.0328 e. The summed E-state index contributed by atoms with van der Waals surface area (Å²) in [6.07, 6.45) is 1.25. The number of hydrogen-bond acceptors (Lipinski definition) is 1. The summed E-state index contributed by atoms with van der Waals surface area (Å²) in [5.74, 6) is 0.711. The summed E-state index contributed by atoms with van der Waals surface area (Å²) in [6, 6.07) is 5.07. The van der Waals surface area contributed by atoms with Gasteiger partial charge in [0.05, 0.1) is 0 Å². The Hall–Kier alpha value is -0.820. The monoisotopic (exact) mass is 189 g/mol. The molecular formula is C13H19N. The van der Waals surface area contributed by atoms with Gasteiger partial charge in [0.25, 0.3) is 0 Å². The number of rotatable bonds is 1. The fourth-order valence-electron chi connectivity index (χ4n) is 2.82. The van der Waals surface area contributed by atoms with Crippen molar-refractivity contribution in [1.82, 2.24) is 5.32 Å². The van der Waals surface area contributed by atoms with Gasteiger partial charge >= 0.3 is 0 Å². The molecule has 2 atom stereocenters. The first-order chi connectivity index (χ1) is 6.65. The van der Waals surface area contributed by atoms with Crippen LogP contribution < -0.4 is 5.32 Å². The van der Waals surface area contributed by atoms with Crippen molar-refractivity contribution in [3.8, 4) is 0 Å². The van der Waals surface area contributed by atoms with E-state index >= 15 is 0 Å². The van der Waals surface area contributed by atoms with Crippen molar-refractivity contribution in [1.29, 1.82) is 0 Å². The van der Waals surface area contributed by atoms with E-state index in [-0.39, 0.29) is 0 Å². The average molecular weight is 189 g/mol. The molecular weight excluding hydrogens is 170 g/mol. The van der Waals surface area contributed by atoms with Crippen LogP contribution in [-0.2, 0) is 0 Å². The molecule has 0 radical (unpaired) electrons. The van der Waals surface area contributed by atoms with Crippen LogP contribution in [0.2, 0.25) is 0 Å². The summed E-state index contributed by atoms with van der Waals surface area (Å²) in [4.78, 5) is 0. The number of aryl methyl sites for hydroxylation is 2. The van der Waals surface area contributed by atoms with Crippen LogP contribution in [0.5, 0.6) is 0 Å². The van der Waals surface area contributed by atoms with Crippen molar-refractivity contribution in [3.63, 3.8) is 0 Å². The molecule has 1 aliphatic carbocycles. The highest BCUT2D eigenvalue weighted by Gasteiger charge is 2.29. The van der Waals surface area contributed by atoms with Crippen molar-refractivity contribution in [2.75, 3.05) is 7.05 Å². The first-order valence-corrected chi connectivity index (χ1v) is 5.42. The first kappa shape index (κ1) is 9.72. The van der Waals surface area contributed by atoms with Gasteiger partial charge in [-0.1, -0.05) is 19.1 Å². The number of fused-ring (bicyclic) bond motifs is 1. The minimum atomic E-state index is 0.569. The fourth-order valence-corrected chi connectivity index (χ4v) is 2.82. The summed E-state index contributed by atoms with van der Waals surface area (Å²) < 4.78 is 0. The first-order valence-electron chi connectivity index (χ1n) is 5.42. The number of benzene rings is 1. The zero-order valence-electron chi connectivity index (χ0n) is 9.52. The molecule has 0 fully saturated rings. The maximum absolute atomic E-state index is 3.42. The average Bonchev–Trinajstić information content (AvgIpc) is 2.50. The predicted octanol–water partition coefficient (Wildman–Crippen LogP) is 3.07. The highest BCUT2D eigenvalue weighted by molar-refractivity contribution is 5.47. The van der Waals surface area contributed by atoms with Crippen molar-refractivity contribution < 1.29 is 0 Å². The van der Waals surface area contributed by atoms with Gasteiger partial charge in [0.2, 0.25) is 0 Å². The Balaban J connectivity index is 2.60. The zero-order valence-corrected chi connectivity index (χ0v) is 9.52. The van der Waals surface area contributed by atoms with E-state index in [0.29, 0.717) is 12.0 Å². The molecule has 2 unspecified atom stereocenters. The van der Waals surface area contributed by atoms with Crippen LogP contribution in [0.15, 0.2) is 12.1 Å².